The van der Waals surface area contributed by atoms with Crippen molar-refractivity contribution in [2.24, 2.45) is 5.92 Å². The number of ether oxygens (including phenoxy) is 1. The van der Waals surface area contributed by atoms with Gasteiger partial charge in [0.15, 0.2) is 6.26 Å². The molecule has 11 heteroatoms. The number of benzene rings is 1. The molecular weight excluding hydrogens is 427 g/mol. The van der Waals surface area contributed by atoms with Gasteiger partial charge in [0, 0.05) is 28.3 Å². The summed E-state index contributed by atoms with van der Waals surface area (Å²) in [6.07, 6.45) is 2.02. The van der Waals surface area contributed by atoms with Gasteiger partial charge in [0.05, 0.1) is 6.10 Å². The van der Waals surface area contributed by atoms with Crippen LogP contribution in [0.2, 0.25) is 0 Å². The molecule has 5 atom stereocenters. The van der Waals surface area contributed by atoms with Crippen molar-refractivity contribution >= 4 is 14.2 Å². The molecule has 1 saturated heterocycles. The topological polar surface area (TPSA) is 137 Å². The van der Waals surface area contributed by atoms with Crippen molar-refractivity contribution in [3.05, 3.63) is 94.0 Å². The number of nitrogens with zero attached hydrogens (tertiary/aromatic N) is 2. The Morgan fingerprint density at radius 3 is 2.61 bits per heavy atom. The minimum atomic E-state index is -2.87. The Hall–Kier alpha value is -3.17. The van der Waals surface area contributed by atoms with Crippen molar-refractivity contribution in [1.29, 1.82) is 0 Å². The van der Waals surface area contributed by atoms with E-state index in [-0.39, 0.29) is 12.0 Å². The lowest BCUT2D eigenvalue weighted by Gasteiger charge is -2.21. The summed E-state index contributed by atoms with van der Waals surface area (Å²) in [6, 6.07) is 8.93. The maximum atomic E-state index is 13.1. The third kappa shape index (κ3) is 4.78. The fourth-order valence-corrected chi connectivity index (χ4v) is 3.56. The summed E-state index contributed by atoms with van der Waals surface area (Å²) < 4.78 is 22.4. The van der Waals surface area contributed by atoms with Gasteiger partial charge in [-0.1, -0.05) is 24.3 Å². The SMILES string of the molecule is C=CC[C@@H]1[C@H](O)[C@@H](/C=C/O[P+](=O)O)O[C@H]1n1ccc(=O)n(C(=O)c2ccccc2)c1=O. The van der Waals surface area contributed by atoms with Gasteiger partial charge < -0.3 is 9.84 Å². The molecule has 0 radical (unpaired) electrons. The Morgan fingerprint density at radius 2 is 1.97 bits per heavy atom. The third-order valence-corrected chi connectivity index (χ3v) is 5.11. The molecule has 1 unspecified atom stereocenters. The van der Waals surface area contributed by atoms with Crippen LogP contribution in [0.25, 0.3) is 0 Å². The van der Waals surface area contributed by atoms with Gasteiger partial charge in [0.2, 0.25) is 0 Å². The molecule has 1 aliphatic heterocycles. The standard InChI is InChI=1S/C20H19N2O8P/c1-2-6-14-17(24)15(10-12-29-31(27)28)30-19(14)21-11-9-16(23)22(20(21)26)18(25)13-7-4-3-5-8-13/h2-5,7-12,14-15,17,19,24H,1,6H2/p+1/b12-10+/t14-,15-,17+,19-/m1/s1. The predicted octanol–water partition coefficient (Wildman–Crippen LogP) is 1.33. The molecule has 2 N–H and O–H groups in total. The summed E-state index contributed by atoms with van der Waals surface area (Å²) in [5, 5.41) is 10.6. The number of carbonyl (C=O) groups excluding carboxylic acids is 1. The minimum absolute atomic E-state index is 0.158. The fraction of sp³-hybridized carbons (Fsp3) is 0.250. The van der Waals surface area contributed by atoms with E-state index in [1.165, 1.54) is 30.5 Å². The first-order valence-electron chi connectivity index (χ1n) is 9.23. The average molecular weight is 447 g/mol. The van der Waals surface area contributed by atoms with Gasteiger partial charge in [-0.15, -0.1) is 11.5 Å². The van der Waals surface area contributed by atoms with Crippen molar-refractivity contribution in [3.8, 4) is 0 Å². The second-order valence-electron chi connectivity index (χ2n) is 6.69. The van der Waals surface area contributed by atoms with Crippen LogP contribution in [-0.4, -0.2) is 37.2 Å². The van der Waals surface area contributed by atoms with Crippen LogP contribution >= 0.6 is 8.25 Å². The van der Waals surface area contributed by atoms with Crippen LogP contribution in [0.15, 0.2) is 77.2 Å². The zero-order valence-electron chi connectivity index (χ0n) is 16.2. The van der Waals surface area contributed by atoms with E-state index in [4.69, 9.17) is 9.63 Å². The highest BCUT2D eigenvalue weighted by Crippen LogP contribution is 2.37. The molecule has 2 aromatic rings. The lowest BCUT2D eigenvalue weighted by atomic mass is 9.96. The Labute approximate surface area is 177 Å². The van der Waals surface area contributed by atoms with Gasteiger partial charge in [-0.05, 0) is 24.6 Å². The highest BCUT2D eigenvalue weighted by molar-refractivity contribution is 7.32. The molecule has 0 spiro atoms. The highest BCUT2D eigenvalue weighted by atomic mass is 31.1. The quantitative estimate of drug-likeness (QED) is 0.369. The van der Waals surface area contributed by atoms with Crippen molar-refractivity contribution in [2.45, 2.75) is 24.9 Å². The van der Waals surface area contributed by atoms with E-state index in [1.54, 1.807) is 18.2 Å². The normalized spacial score (nSPS) is 23.6. The zero-order chi connectivity index (χ0) is 22.5. The number of rotatable bonds is 7. The van der Waals surface area contributed by atoms with Gasteiger partial charge >= 0.3 is 13.9 Å². The van der Waals surface area contributed by atoms with Gasteiger partial charge in [-0.3, -0.25) is 14.2 Å². The van der Waals surface area contributed by atoms with Crippen LogP contribution in [0.4, 0.5) is 0 Å². The number of hydrogen-bond donors (Lipinski definition) is 2. The van der Waals surface area contributed by atoms with Gasteiger partial charge in [-0.2, -0.15) is 4.57 Å². The number of hydrogen-bond acceptors (Lipinski definition) is 7. The van der Waals surface area contributed by atoms with E-state index in [1.807, 2.05) is 0 Å². The molecule has 3 rings (SSSR count). The maximum absolute atomic E-state index is 13.1. The van der Waals surface area contributed by atoms with Crippen molar-refractivity contribution in [2.75, 3.05) is 0 Å². The molecule has 0 saturated carbocycles. The molecule has 162 valence electrons. The molecule has 1 aliphatic rings. The lowest BCUT2D eigenvalue weighted by molar-refractivity contribution is -0.00325. The van der Waals surface area contributed by atoms with E-state index >= 15 is 0 Å². The lowest BCUT2D eigenvalue weighted by Crippen LogP contribution is -2.45. The van der Waals surface area contributed by atoms with E-state index in [2.05, 4.69) is 11.1 Å². The van der Waals surface area contributed by atoms with Crippen molar-refractivity contribution < 1.29 is 28.6 Å². The second kappa shape index (κ2) is 9.76. The Bertz CT molecular complexity index is 1120. The van der Waals surface area contributed by atoms with Crippen LogP contribution in [0.3, 0.4) is 0 Å². The van der Waals surface area contributed by atoms with Crippen LogP contribution < -0.4 is 11.2 Å². The summed E-state index contributed by atoms with van der Waals surface area (Å²) >= 11 is 0. The number of aliphatic hydroxyl groups is 1. The largest absolute Gasteiger partial charge is 0.746 e. The van der Waals surface area contributed by atoms with E-state index in [9.17, 15) is 24.1 Å². The first-order valence-corrected chi connectivity index (χ1v) is 10.4. The van der Waals surface area contributed by atoms with Crippen LogP contribution in [-0.2, 0) is 13.8 Å². The summed E-state index contributed by atoms with van der Waals surface area (Å²) in [7, 11) is -2.87. The summed E-state index contributed by atoms with van der Waals surface area (Å²) in [5.74, 6) is -1.44. The molecule has 1 fully saturated rings. The molecule has 0 aliphatic carbocycles. The first kappa shape index (κ1) is 22.5. The van der Waals surface area contributed by atoms with Gasteiger partial charge in [0.25, 0.3) is 11.5 Å². The summed E-state index contributed by atoms with van der Waals surface area (Å²) in [4.78, 5) is 46.8. The number of aromatic nitrogens is 2. The molecular formula is C20H20N2O8P+. The van der Waals surface area contributed by atoms with Crippen LogP contribution in [0, 0.1) is 5.92 Å². The number of allylic oxidation sites excluding steroid dienone is 1. The third-order valence-electron chi connectivity index (χ3n) is 4.80. The molecule has 10 nitrogen and oxygen atoms in total. The minimum Gasteiger partial charge on any atom is -0.390 e. The molecule has 1 aromatic heterocycles. The predicted molar refractivity (Wildman–Crippen MR) is 109 cm³/mol. The first-order chi connectivity index (χ1) is 14.8. The Morgan fingerprint density at radius 1 is 1.26 bits per heavy atom. The van der Waals surface area contributed by atoms with E-state index in [0.717, 1.165) is 16.9 Å². The van der Waals surface area contributed by atoms with Crippen LogP contribution in [0.1, 0.15) is 23.0 Å². The average Bonchev–Trinajstić information content (AvgIpc) is 3.04. The van der Waals surface area contributed by atoms with E-state index < -0.39 is 49.8 Å². The monoisotopic (exact) mass is 447 g/mol. The van der Waals surface area contributed by atoms with E-state index in [0.29, 0.717) is 4.57 Å². The fourth-order valence-electron chi connectivity index (χ4n) is 3.38. The second-order valence-corrected chi connectivity index (χ2v) is 7.38. The molecule has 31 heavy (non-hydrogen) atoms. The number of aliphatic hydroxyl groups excluding tert-OH is 1. The summed E-state index contributed by atoms with van der Waals surface area (Å²) in [5.41, 5.74) is -1.57. The van der Waals surface area contributed by atoms with Crippen LogP contribution in [0.5, 0.6) is 0 Å². The smallest absolute Gasteiger partial charge is 0.390 e. The molecule has 0 amide bonds. The molecule has 1 aromatic carbocycles. The van der Waals surface area contributed by atoms with Gasteiger partial charge in [-0.25, -0.2) is 9.32 Å². The Kier molecular flexibility index (Phi) is 7.09. The number of carbonyl (C=O) groups is 1. The Balaban J connectivity index is 2.00. The van der Waals surface area contributed by atoms with Crippen molar-refractivity contribution in [3.63, 3.8) is 0 Å². The van der Waals surface area contributed by atoms with Gasteiger partial charge in [0.1, 0.15) is 12.3 Å². The molecule has 2 heterocycles. The summed E-state index contributed by atoms with van der Waals surface area (Å²) in [6.45, 7) is 3.64. The highest BCUT2D eigenvalue weighted by Gasteiger charge is 2.43. The zero-order valence-corrected chi connectivity index (χ0v) is 17.1. The maximum Gasteiger partial charge on any atom is 0.746 e. The molecule has 0 bridgehead atoms. The van der Waals surface area contributed by atoms with Crippen molar-refractivity contribution in [1.82, 2.24) is 9.13 Å².